The number of Topliss-reactive ketones (excluding diaryl/α,β-unsaturated/α-hetero) is 1. The number of aliphatic carboxylic acids is 1. The minimum absolute atomic E-state index is 0.0130. The van der Waals surface area contributed by atoms with Gasteiger partial charge in [0.1, 0.15) is 0 Å². The van der Waals surface area contributed by atoms with Crippen LogP contribution in [0.3, 0.4) is 0 Å². The van der Waals surface area contributed by atoms with Gasteiger partial charge in [-0.1, -0.05) is 30.3 Å². The number of carboxylic acids is 1. The van der Waals surface area contributed by atoms with E-state index >= 15 is 0 Å². The first kappa shape index (κ1) is 17.9. The van der Waals surface area contributed by atoms with E-state index in [-0.39, 0.29) is 24.2 Å². The fraction of sp³-hybridized carbons (Fsp3) is 0.278. The predicted octanol–water partition coefficient (Wildman–Crippen LogP) is 3.16. The molecular formula is C18H19NO4S. The van der Waals surface area contributed by atoms with Crippen LogP contribution in [0.2, 0.25) is 0 Å². The highest BCUT2D eigenvalue weighted by Gasteiger charge is 2.17. The standard InChI is InChI=1S/C18H19NO4S/c1-12(20)14-10-16(24-11-14)18(23)19-15(7-8-17(21)22)9-13-5-3-2-4-6-13/h2-6,10-11,15H,7-9H2,1H3,(H,19,23)(H,21,22). The third kappa shape index (κ3) is 5.31. The molecule has 1 unspecified atom stereocenters. The number of ketones is 1. The lowest BCUT2D eigenvalue weighted by molar-refractivity contribution is -0.137. The van der Waals surface area contributed by atoms with Crippen molar-refractivity contribution >= 4 is 29.0 Å². The van der Waals surface area contributed by atoms with Crippen LogP contribution in [0.5, 0.6) is 0 Å². The van der Waals surface area contributed by atoms with Crippen molar-refractivity contribution < 1.29 is 19.5 Å². The molecule has 0 spiro atoms. The van der Waals surface area contributed by atoms with Crippen LogP contribution in [0.1, 0.15) is 45.4 Å². The lowest BCUT2D eigenvalue weighted by atomic mass is 10.0. The van der Waals surface area contributed by atoms with E-state index in [1.807, 2.05) is 30.3 Å². The Bertz CT molecular complexity index is 724. The van der Waals surface area contributed by atoms with Crippen molar-refractivity contribution in [2.75, 3.05) is 0 Å². The van der Waals surface area contributed by atoms with Gasteiger partial charge in [-0.05, 0) is 31.4 Å². The Morgan fingerprint density at radius 3 is 2.50 bits per heavy atom. The maximum absolute atomic E-state index is 12.4. The molecule has 2 aromatic rings. The van der Waals surface area contributed by atoms with E-state index in [0.29, 0.717) is 23.3 Å². The number of nitrogens with one attached hydrogen (secondary N) is 1. The molecule has 0 aliphatic carbocycles. The van der Waals surface area contributed by atoms with Crippen LogP contribution in [-0.4, -0.2) is 28.8 Å². The van der Waals surface area contributed by atoms with Crippen LogP contribution in [0.4, 0.5) is 0 Å². The van der Waals surface area contributed by atoms with Gasteiger partial charge < -0.3 is 10.4 Å². The van der Waals surface area contributed by atoms with Gasteiger partial charge in [-0.2, -0.15) is 0 Å². The van der Waals surface area contributed by atoms with Crippen molar-refractivity contribution in [1.29, 1.82) is 0 Å². The van der Waals surface area contributed by atoms with Gasteiger partial charge in [0.15, 0.2) is 5.78 Å². The predicted molar refractivity (Wildman–Crippen MR) is 92.6 cm³/mol. The van der Waals surface area contributed by atoms with Crippen LogP contribution in [0.15, 0.2) is 41.8 Å². The number of carbonyl (C=O) groups is 3. The molecule has 24 heavy (non-hydrogen) atoms. The highest BCUT2D eigenvalue weighted by atomic mass is 32.1. The SMILES string of the molecule is CC(=O)c1csc(C(=O)NC(CCC(=O)O)Cc2ccccc2)c1. The van der Waals surface area contributed by atoms with Crippen molar-refractivity contribution in [3.8, 4) is 0 Å². The fourth-order valence-corrected chi connectivity index (χ4v) is 3.17. The molecule has 0 bridgehead atoms. The van der Waals surface area contributed by atoms with E-state index in [1.54, 1.807) is 11.4 Å². The second-order valence-electron chi connectivity index (χ2n) is 5.55. The minimum Gasteiger partial charge on any atom is -0.481 e. The van der Waals surface area contributed by atoms with Crippen molar-refractivity contribution in [3.05, 3.63) is 57.8 Å². The number of hydrogen-bond acceptors (Lipinski definition) is 4. The summed E-state index contributed by atoms with van der Waals surface area (Å²) in [4.78, 5) is 35.0. The molecule has 1 aromatic carbocycles. The fourth-order valence-electron chi connectivity index (χ4n) is 2.32. The maximum atomic E-state index is 12.4. The maximum Gasteiger partial charge on any atom is 0.303 e. The van der Waals surface area contributed by atoms with Gasteiger partial charge >= 0.3 is 5.97 Å². The molecule has 1 heterocycles. The number of carboxylic acid groups (broad SMARTS) is 1. The van der Waals surface area contributed by atoms with Gasteiger partial charge in [-0.3, -0.25) is 14.4 Å². The molecule has 5 nitrogen and oxygen atoms in total. The Morgan fingerprint density at radius 1 is 1.21 bits per heavy atom. The second-order valence-corrected chi connectivity index (χ2v) is 6.46. The van der Waals surface area contributed by atoms with Crippen LogP contribution in [0.25, 0.3) is 0 Å². The van der Waals surface area contributed by atoms with E-state index < -0.39 is 5.97 Å². The van der Waals surface area contributed by atoms with E-state index in [2.05, 4.69) is 5.32 Å². The molecule has 0 radical (unpaired) electrons. The summed E-state index contributed by atoms with van der Waals surface area (Å²) in [5.41, 5.74) is 1.54. The van der Waals surface area contributed by atoms with Crippen LogP contribution >= 0.6 is 11.3 Å². The first-order valence-corrected chi connectivity index (χ1v) is 8.49. The largest absolute Gasteiger partial charge is 0.481 e. The average Bonchev–Trinajstić information content (AvgIpc) is 3.04. The molecule has 1 amide bonds. The number of thiophene rings is 1. The molecule has 2 rings (SSSR count). The summed E-state index contributed by atoms with van der Waals surface area (Å²) < 4.78 is 0. The summed E-state index contributed by atoms with van der Waals surface area (Å²) in [6, 6.07) is 10.9. The third-order valence-corrected chi connectivity index (χ3v) is 4.53. The Morgan fingerprint density at radius 2 is 1.92 bits per heavy atom. The topological polar surface area (TPSA) is 83.5 Å². The van der Waals surface area contributed by atoms with Crippen molar-refractivity contribution in [1.82, 2.24) is 5.32 Å². The highest BCUT2D eigenvalue weighted by Crippen LogP contribution is 2.16. The van der Waals surface area contributed by atoms with E-state index in [4.69, 9.17) is 5.11 Å². The van der Waals surface area contributed by atoms with Crippen molar-refractivity contribution in [2.24, 2.45) is 0 Å². The minimum atomic E-state index is -0.891. The summed E-state index contributed by atoms with van der Waals surface area (Å²) in [6.45, 7) is 1.45. The summed E-state index contributed by atoms with van der Waals surface area (Å²) in [7, 11) is 0. The number of rotatable bonds is 8. The number of carbonyl (C=O) groups excluding carboxylic acids is 2. The second kappa shape index (κ2) is 8.40. The van der Waals surface area contributed by atoms with Gasteiger partial charge in [0.05, 0.1) is 4.88 Å². The zero-order valence-electron chi connectivity index (χ0n) is 13.3. The van der Waals surface area contributed by atoms with E-state index in [0.717, 1.165) is 5.56 Å². The van der Waals surface area contributed by atoms with Gasteiger partial charge in [0.25, 0.3) is 5.91 Å². The Balaban J connectivity index is 2.06. The van der Waals surface area contributed by atoms with Gasteiger partial charge in [-0.25, -0.2) is 0 Å². The number of hydrogen-bond donors (Lipinski definition) is 2. The quantitative estimate of drug-likeness (QED) is 0.720. The highest BCUT2D eigenvalue weighted by molar-refractivity contribution is 7.12. The van der Waals surface area contributed by atoms with E-state index in [1.165, 1.54) is 18.3 Å². The van der Waals surface area contributed by atoms with Crippen LogP contribution in [0, 0.1) is 0 Å². The molecule has 0 saturated heterocycles. The lowest BCUT2D eigenvalue weighted by Gasteiger charge is -2.18. The lowest BCUT2D eigenvalue weighted by Crippen LogP contribution is -2.36. The summed E-state index contributed by atoms with van der Waals surface area (Å²) in [5.74, 6) is -1.26. The van der Waals surface area contributed by atoms with Gasteiger partial charge in [0, 0.05) is 23.4 Å². The Labute approximate surface area is 144 Å². The monoisotopic (exact) mass is 345 g/mol. The summed E-state index contributed by atoms with van der Waals surface area (Å²) in [6.07, 6.45) is 0.895. The molecule has 6 heteroatoms. The Hall–Kier alpha value is -2.47. The normalized spacial score (nSPS) is 11.7. The van der Waals surface area contributed by atoms with E-state index in [9.17, 15) is 14.4 Å². The molecule has 1 aromatic heterocycles. The molecule has 0 aliphatic rings. The summed E-state index contributed by atoms with van der Waals surface area (Å²) >= 11 is 1.21. The summed E-state index contributed by atoms with van der Waals surface area (Å²) in [5, 5.41) is 13.4. The van der Waals surface area contributed by atoms with Crippen molar-refractivity contribution in [3.63, 3.8) is 0 Å². The zero-order valence-corrected chi connectivity index (χ0v) is 14.1. The smallest absolute Gasteiger partial charge is 0.303 e. The molecule has 126 valence electrons. The average molecular weight is 345 g/mol. The number of amides is 1. The Kier molecular flexibility index (Phi) is 6.26. The molecule has 2 N–H and O–H groups in total. The molecule has 0 aliphatic heterocycles. The van der Waals surface area contributed by atoms with Crippen LogP contribution in [-0.2, 0) is 11.2 Å². The molecule has 0 saturated carbocycles. The first-order valence-electron chi connectivity index (χ1n) is 7.61. The van der Waals surface area contributed by atoms with Gasteiger partial charge in [0.2, 0.25) is 0 Å². The van der Waals surface area contributed by atoms with Crippen LogP contribution < -0.4 is 5.32 Å². The zero-order chi connectivity index (χ0) is 17.5. The molecule has 0 fully saturated rings. The third-order valence-electron chi connectivity index (χ3n) is 3.60. The van der Waals surface area contributed by atoms with Crippen molar-refractivity contribution in [2.45, 2.75) is 32.2 Å². The van der Waals surface area contributed by atoms with Gasteiger partial charge in [-0.15, -0.1) is 11.3 Å². The molecular weight excluding hydrogens is 326 g/mol. The first-order chi connectivity index (χ1) is 11.5. The molecule has 1 atom stereocenters. The number of benzene rings is 1.